The van der Waals surface area contributed by atoms with Gasteiger partial charge in [-0.15, -0.1) is 0 Å². The quantitative estimate of drug-likeness (QED) is 0.513. The van der Waals surface area contributed by atoms with Crippen LogP contribution in [0.25, 0.3) is 0 Å². The molecule has 0 aromatic rings. The topological polar surface area (TPSA) is 0 Å². The van der Waals surface area contributed by atoms with Crippen molar-refractivity contribution in [3.05, 3.63) is 0 Å². The first kappa shape index (κ1) is 23.5. The molecule has 0 aliphatic carbocycles. The summed E-state index contributed by atoms with van der Waals surface area (Å²) in [6, 6.07) is 0. The third kappa shape index (κ3) is 490. The summed E-state index contributed by atoms with van der Waals surface area (Å²) in [7, 11) is 0. The Balaban J connectivity index is -0.0000000420. The van der Waals surface area contributed by atoms with E-state index in [1.54, 1.807) is 0 Å². The van der Waals surface area contributed by atoms with Crippen LogP contribution in [0.3, 0.4) is 0 Å². The SMILES string of the molecule is CCC.CCC.CCCC.C[I-]C. The van der Waals surface area contributed by atoms with E-state index in [4.69, 9.17) is 0 Å². The van der Waals surface area contributed by atoms with Gasteiger partial charge in [0.2, 0.25) is 0 Å². The van der Waals surface area contributed by atoms with Crippen LogP contribution in [0.1, 0.15) is 67.2 Å². The fourth-order valence-corrected chi connectivity index (χ4v) is 0. The Morgan fingerprint density at radius 3 is 0.692 bits per heavy atom. The first-order chi connectivity index (χ1) is 6.16. The van der Waals surface area contributed by atoms with Crippen LogP contribution in [0.4, 0.5) is 0 Å². The average Bonchev–Trinajstić information content (AvgIpc) is 2.08. The normalized spacial score (nSPS) is 6.77. The van der Waals surface area contributed by atoms with Crippen LogP contribution < -0.4 is 21.2 Å². The number of halogens is 1. The van der Waals surface area contributed by atoms with Gasteiger partial charge in [-0.05, 0) is 0 Å². The minimum atomic E-state index is 0.590. The molecule has 0 amide bonds. The molecule has 0 aromatic heterocycles. The average molecular weight is 303 g/mol. The molecule has 13 heavy (non-hydrogen) atoms. The van der Waals surface area contributed by atoms with Gasteiger partial charge in [0.25, 0.3) is 0 Å². The molecule has 0 aliphatic heterocycles. The second-order valence-corrected chi connectivity index (χ2v) is 4.95. The van der Waals surface area contributed by atoms with E-state index in [1.807, 2.05) is 0 Å². The van der Waals surface area contributed by atoms with Crippen molar-refractivity contribution in [3.63, 3.8) is 0 Å². The Morgan fingerprint density at radius 1 is 0.615 bits per heavy atom. The van der Waals surface area contributed by atoms with Crippen molar-refractivity contribution in [1.82, 2.24) is 0 Å². The van der Waals surface area contributed by atoms with Gasteiger partial charge in [-0.3, -0.25) is 0 Å². The van der Waals surface area contributed by atoms with E-state index < -0.39 is 0 Å². The minimum absolute atomic E-state index is 0.590. The van der Waals surface area contributed by atoms with Gasteiger partial charge in [0.1, 0.15) is 0 Å². The van der Waals surface area contributed by atoms with Gasteiger partial charge >= 0.3 is 31.1 Å². The van der Waals surface area contributed by atoms with Gasteiger partial charge in [-0.2, -0.15) is 0 Å². The second-order valence-electron chi connectivity index (χ2n) is 2.79. The van der Waals surface area contributed by atoms with Crippen molar-refractivity contribution >= 4 is 0 Å². The summed E-state index contributed by atoms with van der Waals surface area (Å²) in [5.41, 5.74) is 0. The Bertz CT molecular complexity index is 21.6. The van der Waals surface area contributed by atoms with Crippen LogP contribution >= 0.6 is 0 Å². The predicted molar refractivity (Wildman–Crippen MR) is 64.4 cm³/mol. The summed E-state index contributed by atoms with van der Waals surface area (Å²) in [6.07, 6.45) is 5.14. The molecule has 0 rings (SSSR count). The standard InChI is InChI=1S/C4H10.2C3H8.C2H6I/c1-3-4-2;3*1-3-2/h3-4H2,1-2H3;2*3H2,1-2H3;1-2H3/q;;;-1. The van der Waals surface area contributed by atoms with Gasteiger partial charge < -0.3 is 0 Å². The van der Waals surface area contributed by atoms with E-state index in [9.17, 15) is 0 Å². The van der Waals surface area contributed by atoms with Gasteiger partial charge in [-0.1, -0.05) is 67.2 Å². The molecule has 0 aromatic carbocycles. The number of unbranched alkanes of at least 4 members (excludes halogenated alkanes) is 1. The van der Waals surface area contributed by atoms with Crippen LogP contribution in [0.5, 0.6) is 0 Å². The molecule has 88 valence electrons. The molecule has 0 spiro atoms. The van der Waals surface area contributed by atoms with Crippen molar-refractivity contribution in [1.29, 1.82) is 0 Å². The molecular formula is C12H32I-. The first-order valence-electron chi connectivity index (χ1n) is 5.50. The molecule has 0 fully saturated rings. The van der Waals surface area contributed by atoms with Crippen LogP contribution in [0, 0.1) is 0 Å². The molecule has 0 saturated carbocycles. The Hall–Kier alpha value is 0.730. The number of rotatable bonds is 1. The number of hydrogen-bond acceptors (Lipinski definition) is 0. The second kappa shape index (κ2) is 53.3. The summed E-state index contributed by atoms with van der Waals surface area (Å²) < 4.78 is 0. The van der Waals surface area contributed by atoms with Crippen LogP contribution in [0.2, 0.25) is 0 Å². The molecule has 0 saturated heterocycles. The molecule has 0 bridgehead atoms. The van der Waals surface area contributed by atoms with E-state index in [0.717, 1.165) is 0 Å². The van der Waals surface area contributed by atoms with Crippen LogP contribution in [0.15, 0.2) is 0 Å². The van der Waals surface area contributed by atoms with Crippen molar-refractivity contribution in [3.8, 4) is 0 Å². The third-order valence-electron chi connectivity index (χ3n) is 0.500. The maximum absolute atomic E-state index is 2.24. The van der Waals surface area contributed by atoms with E-state index in [0.29, 0.717) is 21.2 Å². The zero-order chi connectivity index (χ0) is 11.5. The number of hydrogen-bond donors (Lipinski definition) is 0. The van der Waals surface area contributed by atoms with Crippen molar-refractivity contribution in [2.75, 3.05) is 9.86 Å². The summed E-state index contributed by atoms with van der Waals surface area (Å²) in [5, 5.41) is 0. The fraction of sp³-hybridized carbons (Fsp3) is 1.00. The molecule has 0 N–H and O–H groups in total. The maximum atomic E-state index is 2.24. The van der Waals surface area contributed by atoms with Gasteiger partial charge in [0.15, 0.2) is 0 Å². The van der Waals surface area contributed by atoms with E-state index in [2.05, 4.69) is 51.4 Å². The zero-order valence-corrected chi connectivity index (χ0v) is 13.4. The van der Waals surface area contributed by atoms with E-state index >= 15 is 0 Å². The summed E-state index contributed by atoms with van der Waals surface area (Å²) in [4.78, 5) is 4.47. The zero-order valence-electron chi connectivity index (χ0n) is 11.2. The summed E-state index contributed by atoms with van der Waals surface area (Å²) >= 11 is 0.590. The summed E-state index contributed by atoms with van der Waals surface area (Å²) in [6.45, 7) is 12.9. The van der Waals surface area contributed by atoms with Gasteiger partial charge in [0.05, 0.1) is 0 Å². The third-order valence-corrected chi connectivity index (χ3v) is 0.500. The monoisotopic (exact) mass is 303 g/mol. The van der Waals surface area contributed by atoms with Crippen molar-refractivity contribution < 1.29 is 21.2 Å². The molecule has 0 heterocycles. The molecule has 0 radical (unpaired) electrons. The molecule has 0 atom stereocenters. The summed E-state index contributed by atoms with van der Waals surface area (Å²) in [5.74, 6) is 0. The molecular weight excluding hydrogens is 271 g/mol. The Labute approximate surface area is 98.2 Å². The predicted octanol–water partition coefficient (Wildman–Crippen LogP) is 1.97. The first-order valence-corrected chi connectivity index (χ1v) is 9.81. The van der Waals surface area contributed by atoms with Gasteiger partial charge in [0, 0.05) is 0 Å². The van der Waals surface area contributed by atoms with E-state index in [-0.39, 0.29) is 0 Å². The van der Waals surface area contributed by atoms with Crippen LogP contribution in [-0.4, -0.2) is 9.86 Å². The van der Waals surface area contributed by atoms with E-state index in [1.165, 1.54) is 25.7 Å². The van der Waals surface area contributed by atoms with Gasteiger partial charge in [-0.25, -0.2) is 0 Å². The van der Waals surface area contributed by atoms with Crippen LogP contribution in [-0.2, 0) is 0 Å². The molecule has 1 heteroatoms. The molecule has 0 unspecified atom stereocenters. The van der Waals surface area contributed by atoms with Crippen molar-refractivity contribution in [2.24, 2.45) is 0 Å². The Kier molecular flexibility index (Phi) is 96.4. The molecule has 0 aliphatic rings. The van der Waals surface area contributed by atoms with Crippen molar-refractivity contribution in [2.45, 2.75) is 67.2 Å². The number of alkyl halides is 2. The molecule has 0 nitrogen and oxygen atoms in total. The fourth-order valence-electron chi connectivity index (χ4n) is 0. The Morgan fingerprint density at radius 2 is 0.692 bits per heavy atom.